The average Bonchev–Trinajstić information content (AvgIpc) is 2.44. The molecule has 0 saturated heterocycles. The van der Waals surface area contributed by atoms with Crippen molar-refractivity contribution in [2.24, 2.45) is 10.9 Å². The van der Waals surface area contributed by atoms with Crippen LogP contribution in [0.1, 0.15) is 16.8 Å². The van der Waals surface area contributed by atoms with Gasteiger partial charge in [0.05, 0.1) is 12.1 Å². The Kier molecular flexibility index (Phi) is 4.28. The number of nitrogens with two attached hydrogens (primary N) is 1. The highest BCUT2D eigenvalue weighted by molar-refractivity contribution is 6.30. The minimum Gasteiger partial charge on any atom is -0.409 e. The van der Waals surface area contributed by atoms with Crippen LogP contribution in [0.4, 0.5) is 4.39 Å². The van der Waals surface area contributed by atoms with Gasteiger partial charge in [0.25, 0.3) is 5.56 Å². The zero-order chi connectivity index (χ0) is 15.6. The van der Waals surface area contributed by atoms with Crippen molar-refractivity contribution in [3.05, 3.63) is 68.3 Å². The van der Waals surface area contributed by atoms with Gasteiger partial charge in [-0.3, -0.25) is 4.79 Å². The van der Waals surface area contributed by atoms with Gasteiger partial charge >= 0.3 is 0 Å². The molecule has 5 nitrogen and oxygen atoms in total. The fourth-order valence-corrected chi connectivity index (χ4v) is 2.10. The van der Waals surface area contributed by atoms with E-state index in [0.717, 1.165) is 0 Å². The van der Waals surface area contributed by atoms with Crippen LogP contribution in [0, 0.1) is 12.7 Å². The van der Waals surface area contributed by atoms with Gasteiger partial charge < -0.3 is 15.5 Å². The molecule has 0 atom stereocenters. The van der Waals surface area contributed by atoms with Crippen molar-refractivity contribution < 1.29 is 9.60 Å². The Labute approximate surface area is 125 Å². The first-order chi connectivity index (χ1) is 9.93. The van der Waals surface area contributed by atoms with E-state index >= 15 is 0 Å². The van der Waals surface area contributed by atoms with Crippen molar-refractivity contribution in [2.45, 2.75) is 13.5 Å². The van der Waals surface area contributed by atoms with E-state index in [1.807, 2.05) is 0 Å². The molecule has 7 heteroatoms. The lowest BCUT2D eigenvalue weighted by atomic mass is 10.1. The molecule has 0 radical (unpaired) electrons. The molecular formula is C14H13ClFN3O2. The lowest BCUT2D eigenvalue weighted by molar-refractivity contribution is 0.318. The summed E-state index contributed by atoms with van der Waals surface area (Å²) in [5, 5.41) is 11.8. The number of amidine groups is 1. The first kappa shape index (κ1) is 15.1. The Balaban J connectivity index is 2.51. The van der Waals surface area contributed by atoms with Crippen LogP contribution >= 0.6 is 11.6 Å². The van der Waals surface area contributed by atoms with E-state index in [0.29, 0.717) is 11.3 Å². The number of oxime groups is 1. The second-order valence-corrected chi connectivity index (χ2v) is 4.94. The smallest absolute Gasteiger partial charge is 0.262 e. The van der Waals surface area contributed by atoms with E-state index in [9.17, 15) is 9.18 Å². The molecule has 0 saturated carbocycles. The Morgan fingerprint density at radius 2 is 2.14 bits per heavy atom. The monoisotopic (exact) mass is 309 g/mol. The van der Waals surface area contributed by atoms with Gasteiger partial charge in [0.15, 0.2) is 5.84 Å². The second kappa shape index (κ2) is 5.97. The number of aryl methyl sites for hydroxylation is 1. The van der Waals surface area contributed by atoms with E-state index in [1.54, 1.807) is 19.1 Å². The summed E-state index contributed by atoms with van der Waals surface area (Å²) in [4.78, 5) is 12.3. The van der Waals surface area contributed by atoms with Gasteiger partial charge in [-0.2, -0.15) is 0 Å². The van der Waals surface area contributed by atoms with Crippen molar-refractivity contribution >= 4 is 17.4 Å². The molecule has 3 N–H and O–H groups in total. The predicted molar refractivity (Wildman–Crippen MR) is 78.5 cm³/mol. The molecule has 0 aliphatic rings. The van der Waals surface area contributed by atoms with Crippen LogP contribution < -0.4 is 11.3 Å². The first-order valence-corrected chi connectivity index (χ1v) is 6.44. The SMILES string of the molecule is Cc1ccc(/C(N)=N/O)c(=O)n1Cc1ccc(Cl)cc1F. The number of halogens is 2. The Morgan fingerprint density at radius 3 is 2.76 bits per heavy atom. The summed E-state index contributed by atoms with van der Waals surface area (Å²) >= 11 is 5.70. The lowest BCUT2D eigenvalue weighted by Crippen LogP contribution is -2.31. The number of rotatable bonds is 3. The number of pyridine rings is 1. The van der Waals surface area contributed by atoms with Gasteiger partial charge in [0.1, 0.15) is 5.82 Å². The molecule has 0 amide bonds. The van der Waals surface area contributed by atoms with Gasteiger partial charge in [-0.05, 0) is 31.2 Å². The Hall–Kier alpha value is -2.34. The van der Waals surface area contributed by atoms with Crippen LogP contribution in [0.3, 0.4) is 0 Å². The molecule has 21 heavy (non-hydrogen) atoms. The summed E-state index contributed by atoms with van der Waals surface area (Å²) in [7, 11) is 0. The largest absolute Gasteiger partial charge is 0.409 e. The van der Waals surface area contributed by atoms with Crippen molar-refractivity contribution in [3.63, 3.8) is 0 Å². The molecule has 1 heterocycles. The molecule has 0 aliphatic heterocycles. The van der Waals surface area contributed by atoms with Gasteiger partial charge in [-0.25, -0.2) is 4.39 Å². The van der Waals surface area contributed by atoms with Crippen LogP contribution in [0.2, 0.25) is 5.02 Å². The summed E-state index contributed by atoms with van der Waals surface area (Å²) < 4.78 is 15.2. The van der Waals surface area contributed by atoms with E-state index in [-0.39, 0.29) is 23.0 Å². The molecule has 0 spiro atoms. The third-order valence-electron chi connectivity index (χ3n) is 3.12. The van der Waals surface area contributed by atoms with Gasteiger partial charge in [-0.15, -0.1) is 0 Å². The van der Waals surface area contributed by atoms with Crippen molar-refractivity contribution in [2.75, 3.05) is 0 Å². The third-order valence-corrected chi connectivity index (χ3v) is 3.35. The zero-order valence-corrected chi connectivity index (χ0v) is 11.9. The topological polar surface area (TPSA) is 80.6 Å². The highest BCUT2D eigenvalue weighted by atomic mass is 35.5. The summed E-state index contributed by atoms with van der Waals surface area (Å²) in [5.41, 5.74) is 6.00. The van der Waals surface area contributed by atoms with E-state index in [4.69, 9.17) is 22.5 Å². The highest BCUT2D eigenvalue weighted by Gasteiger charge is 2.12. The van der Waals surface area contributed by atoms with Crippen molar-refractivity contribution in [1.29, 1.82) is 0 Å². The van der Waals surface area contributed by atoms with Crippen molar-refractivity contribution in [1.82, 2.24) is 4.57 Å². The lowest BCUT2D eigenvalue weighted by Gasteiger charge is -2.12. The number of nitrogens with zero attached hydrogens (tertiary/aromatic N) is 2. The molecule has 0 fully saturated rings. The van der Waals surface area contributed by atoms with Crippen molar-refractivity contribution in [3.8, 4) is 0 Å². The standard InChI is InChI=1S/C14H13ClFN3O2/c1-8-2-5-11(13(17)18-21)14(20)19(8)7-9-3-4-10(15)6-12(9)16/h2-6,21H,7H2,1H3,(H2,17,18). The summed E-state index contributed by atoms with van der Waals surface area (Å²) in [6.45, 7) is 1.74. The van der Waals surface area contributed by atoms with Gasteiger partial charge in [-0.1, -0.05) is 22.8 Å². The number of hydrogen-bond donors (Lipinski definition) is 2. The number of hydrogen-bond acceptors (Lipinski definition) is 3. The second-order valence-electron chi connectivity index (χ2n) is 4.50. The van der Waals surface area contributed by atoms with Crippen LogP contribution in [0.25, 0.3) is 0 Å². The van der Waals surface area contributed by atoms with E-state index in [2.05, 4.69) is 5.16 Å². The van der Waals surface area contributed by atoms with E-state index < -0.39 is 11.4 Å². The maximum atomic E-state index is 13.8. The van der Waals surface area contributed by atoms with E-state index in [1.165, 1.54) is 22.8 Å². The van der Waals surface area contributed by atoms with Gasteiger partial charge in [0, 0.05) is 16.3 Å². The minimum absolute atomic E-state index is 0.0280. The molecule has 2 aromatic rings. The maximum Gasteiger partial charge on any atom is 0.262 e. The molecule has 0 bridgehead atoms. The molecule has 0 unspecified atom stereocenters. The number of aromatic nitrogens is 1. The summed E-state index contributed by atoms with van der Waals surface area (Å²) in [6.07, 6.45) is 0. The molecule has 110 valence electrons. The molecular weight excluding hydrogens is 297 g/mol. The summed E-state index contributed by atoms with van der Waals surface area (Å²) in [5.74, 6) is -0.784. The third kappa shape index (κ3) is 3.05. The Morgan fingerprint density at radius 1 is 1.43 bits per heavy atom. The zero-order valence-electron chi connectivity index (χ0n) is 11.2. The maximum absolute atomic E-state index is 13.8. The normalized spacial score (nSPS) is 11.7. The van der Waals surface area contributed by atoms with Gasteiger partial charge in [0.2, 0.25) is 0 Å². The van der Waals surface area contributed by atoms with Crippen LogP contribution in [0.5, 0.6) is 0 Å². The molecule has 1 aromatic carbocycles. The predicted octanol–water partition coefficient (Wildman–Crippen LogP) is 2.09. The van der Waals surface area contributed by atoms with Crippen LogP contribution in [-0.4, -0.2) is 15.6 Å². The molecule has 0 aliphatic carbocycles. The van der Waals surface area contributed by atoms with Crippen LogP contribution in [-0.2, 0) is 6.54 Å². The minimum atomic E-state index is -0.497. The highest BCUT2D eigenvalue weighted by Crippen LogP contribution is 2.15. The average molecular weight is 310 g/mol. The molecule has 1 aromatic heterocycles. The van der Waals surface area contributed by atoms with Crippen LogP contribution in [0.15, 0.2) is 40.3 Å². The summed E-state index contributed by atoms with van der Waals surface area (Å²) in [6, 6.07) is 7.35. The Bertz CT molecular complexity index is 771. The number of benzene rings is 1. The fourth-order valence-electron chi connectivity index (χ4n) is 1.94. The first-order valence-electron chi connectivity index (χ1n) is 6.06. The molecule has 2 rings (SSSR count). The fraction of sp³-hybridized carbons (Fsp3) is 0.143. The quantitative estimate of drug-likeness (QED) is 0.394.